The smallest absolute Gasteiger partial charge is 0.122 e. The molecule has 1 heterocycles. The van der Waals surface area contributed by atoms with Gasteiger partial charge in [0.05, 0.1) is 5.69 Å². The van der Waals surface area contributed by atoms with Crippen LogP contribution in [-0.2, 0) is 11.2 Å². The van der Waals surface area contributed by atoms with E-state index >= 15 is 0 Å². The number of thiazole rings is 1. The number of hydrogen-bond acceptors (Lipinski definition) is 4. The lowest BCUT2D eigenvalue weighted by atomic mass is 9.98. The van der Waals surface area contributed by atoms with Gasteiger partial charge in [0.1, 0.15) is 11.1 Å². The first-order valence-corrected chi connectivity index (χ1v) is 7.31. The molecule has 0 aromatic carbocycles. The summed E-state index contributed by atoms with van der Waals surface area (Å²) in [5.74, 6) is 0.457. The highest BCUT2D eigenvalue weighted by atomic mass is 32.1. The number of nitrogens with two attached hydrogens (primary N) is 1. The Morgan fingerprint density at radius 1 is 1.53 bits per heavy atom. The number of rotatable bonds is 4. The number of hydrogen-bond donors (Lipinski definition) is 1. The lowest BCUT2D eigenvalue weighted by molar-refractivity contribution is 0.0291. The fraction of sp³-hybridized carbons (Fsp3) is 0.769. The fourth-order valence-corrected chi connectivity index (χ4v) is 3.72. The minimum atomic E-state index is 0.128. The van der Waals surface area contributed by atoms with E-state index in [2.05, 4.69) is 13.8 Å². The van der Waals surface area contributed by atoms with Crippen LogP contribution in [0.15, 0.2) is 0 Å². The standard InChI is InChI=1S/C13H22N2OS/c1-4-16-12(8(2)3)13-15-11-9(14)6-5-7-10(11)17-13/h8-9,12H,4-7,14H2,1-3H3. The summed E-state index contributed by atoms with van der Waals surface area (Å²) in [7, 11) is 0. The van der Waals surface area contributed by atoms with Crippen molar-refractivity contribution in [1.82, 2.24) is 4.98 Å². The summed E-state index contributed by atoms with van der Waals surface area (Å²) < 4.78 is 5.81. The van der Waals surface area contributed by atoms with Gasteiger partial charge in [-0.1, -0.05) is 13.8 Å². The lowest BCUT2D eigenvalue weighted by Crippen LogP contribution is -2.17. The van der Waals surface area contributed by atoms with Gasteiger partial charge in [0, 0.05) is 17.5 Å². The maximum Gasteiger partial charge on any atom is 0.122 e. The predicted octanol–water partition coefficient (Wildman–Crippen LogP) is 3.21. The number of nitrogens with zero attached hydrogens (tertiary/aromatic N) is 1. The van der Waals surface area contributed by atoms with Crippen molar-refractivity contribution < 1.29 is 4.74 Å². The summed E-state index contributed by atoms with van der Waals surface area (Å²) in [6, 6.07) is 0.137. The summed E-state index contributed by atoms with van der Waals surface area (Å²) in [6.07, 6.45) is 3.52. The van der Waals surface area contributed by atoms with Gasteiger partial charge in [-0.2, -0.15) is 0 Å². The molecule has 0 spiro atoms. The Bertz CT molecular complexity index is 375. The van der Waals surface area contributed by atoms with E-state index in [-0.39, 0.29) is 12.1 Å². The van der Waals surface area contributed by atoms with Crippen molar-refractivity contribution in [3.8, 4) is 0 Å². The molecular weight excluding hydrogens is 232 g/mol. The van der Waals surface area contributed by atoms with Crippen LogP contribution < -0.4 is 5.73 Å². The first-order chi connectivity index (χ1) is 8.13. The van der Waals surface area contributed by atoms with Crippen molar-refractivity contribution >= 4 is 11.3 Å². The van der Waals surface area contributed by atoms with Gasteiger partial charge in [-0.15, -0.1) is 11.3 Å². The lowest BCUT2D eigenvalue weighted by Gasteiger charge is -2.18. The molecule has 1 aromatic rings. The third kappa shape index (κ3) is 2.69. The highest BCUT2D eigenvalue weighted by molar-refractivity contribution is 7.11. The molecule has 0 saturated carbocycles. The van der Waals surface area contributed by atoms with Crippen molar-refractivity contribution in [2.24, 2.45) is 11.7 Å². The molecule has 4 heteroatoms. The van der Waals surface area contributed by atoms with Gasteiger partial charge in [0.15, 0.2) is 0 Å². The van der Waals surface area contributed by atoms with Crippen molar-refractivity contribution in [3.05, 3.63) is 15.6 Å². The van der Waals surface area contributed by atoms with E-state index < -0.39 is 0 Å². The maximum atomic E-state index is 6.11. The van der Waals surface area contributed by atoms with Crippen molar-refractivity contribution in [1.29, 1.82) is 0 Å². The third-order valence-corrected chi connectivity index (χ3v) is 4.40. The molecule has 1 aromatic heterocycles. The summed E-state index contributed by atoms with van der Waals surface area (Å²) >= 11 is 1.80. The Kier molecular flexibility index (Phi) is 4.17. The van der Waals surface area contributed by atoms with Crippen LogP contribution in [0.2, 0.25) is 0 Å². The van der Waals surface area contributed by atoms with Crippen LogP contribution in [0.1, 0.15) is 61.3 Å². The van der Waals surface area contributed by atoms with Gasteiger partial charge in [0.25, 0.3) is 0 Å². The zero-order valence-electron chi connectivity index (χ0n) is 10.9. The molecule has 1 aliphatic carbocycles. The van der Waals surface area contributed by atoms with Gasteiger partial charge >= 0.3 is 0 Å². The number of aromatic nitrogens is 1. The molecule has 0 fully saturated rings. The topological polar surface area (TPSA) is 48.1 Å². The van der Waals surface area contributed by atoms with E-state index in [1.807, 2.05) is 6.92 Å². The average molecular weight is 254 g/mol. The summed E-state index contributed by atoms with van der Waals surface area (Å²) in [5, 5.41) is 1.12. The zero-order chi connectivity index (χ0) is 12.4. The van der Waals surface area contributed by atoms with E-state index in [1.165, 1.54) is 11.3 Å². The molecule has 0 radical (unpaired) electrons. The van der Waals surface area contributed by atoms with E-state index in [0.29, 0.717) is 5.92 Å². The predicted molar refractivity (Wildman–Crippen MR) is 71.2 cm³/mol. The van der Waals surface area contributed by atoms with Crippen LogP contribution in [0.5, 0.6) is 0 Å². The van der Waals surface area contributed by atoms with Crippen LogP contribution in [0.25, 0.3) is 0 Å². The molecule has 17 heavy (non-hydrogen) atoms. The van der Waals surface area contributed by atoms with Crippen molar-refractivity contribution in [3.63, 3.8) is 0 Å². The molecule has 2 unspecified atom stereocenters. The molecule has 0 aliphatic heterocycles. The first-order valence-electron chi connectivity index (χ1n) is 6.50. The van der Waals surface area contributed by atoms with Gasteiger partial charge < -0.3 is 10.5 Å². The highest BCUT2D eigenvalue weighted by Gasteiger charge is 2.26. The van der Waals surface area contributed by atoms with Crippen LogP contribution in [-0.4, -0.2) is 11.6 Å². The second kappa shape index (κ2) is 5.46. The monoisotopic (exact) mass is 254 g/mol. The van der Waals surface area contributed by atoms with Gasteiger partial charge in [-0.3, -0.25) is 0 Å². The van der Waals surface area contributed by atoms with Crippen LogP contribution >= 0.6 is 11.3 Å². The normalized spacial score (nSPS) is 21.6. The van der Waals surface area contributed by atoms with E-state index in [0.717, 1.165) is 30.2 Å². The Balaban J connectivity index is 2.26. The highest BCUT2D eigenvalue weighted by Crippen LogP contribution is 2.37. The van der Waals surface area contributed by atoms with Gasteiger partial charge in [-0.05, 0) is 32.1 Å². The zero-order valence-corrected chi connectivity index (χ0v) is 11.7. The Morgan fingerprint density at radius 2 is 2.29 bits per heavy atom. The van der Waals surface area contributed by atoms with E-state index in [1.54, 1.807) is 11.3 Å². The van der Waals surface area contributed by atoms with Crippen molar-refractivity contribution in [2.75, 3.05) is 6.61 Å². The molecule has 0 saturated heterocycles. The quantitative estimate of drug-likeness (QED) is 0.897. The Labute approximate surface area is 107 Å². The molecule has 2 N–H and O–H groups in total. The first kappa shape index (κ1) is 13.0. The second-order valence-electron chi connectivity index (χ2n) is 4.98. The largest absolute Gasteiger partial charge is 0.371 e. The van der Waals surface area contributed by atoms with Crippen LogP contribution in [0.4, 0.5) is 0 Å². The molecule has 0 amide bonds. The number of fused-ring (bicyclic) bond motifs is 1. The summed E-state index contributed by atoms with van der Waals surface area (Å²) in [4.78, 5) is 6.12. The SMILES string of the molecule is CCOC(c1nc2c(s1)CCCC2N)C(C)C. The minimum Gasteiger partial charge on any atom is -0.371 e. The summed E-state index contributed by atoms with van der Waals surface area (Å²) in [5.41, 5.74) is 7.24. The molecule has 3 nitrogen and oxygen atoms in total. The van der Waals surface area contributed by atoms with Gasteiger partial charge in [-0.25, -0.2) is 4.98 Å². The molecule has 2 atom stereocenters. The van der Waals surface area contributed by atoms with E-state index in [4.69, 9.17) is 15.5 Å². The Morgan fingerprint density at radius 3 is 2.88 bits per heavy atom. The van der Waals surface area contributed by atoms with Crippen molar-refractivity contribution in [2.45, 2.75) is 52.2 Å². The Hall–Kier alpha value is -0.450. The minimum absolute atomic E-state index is 0.128. The number of ether oxygens (including phenoxy) is 1. The molecule has 0 bridgehead atoms. The summed E-state index contributed by atoms with van der Waals surface area (Å²) in [6.45, 7) is 7.13. The number of aryl methyl sites for hydroxylation is 1. The van der Waals surface area contributed by atoms with E-state index in [9.17, 15) is 0 Å². The molecular formula is C13H22N2OS. The fourth-order valence-electron chi connectivity index (χ4n) is 2.32. The van der Waals surface area contributed by atoms with Gasteiger partial charge in [0.2, 0.25) is 0 Å². The second-order valence-corrected chi connectivity index (χ2v) is 6.09. The van der Waals surface area contributed by atoms with Crippen LogP contribution in [0, 0.1) is 5.92 Å². The molecule has 1 aliphatic rings. The third-order valence-electron chi connectivity index (χ3n) is 3.21. The average Bonchev–Trinajstić information content (AvgIpc) is 2.70. The maximum absolute atomic E-state index is 6.11. The molecule has 96 valence electrons. The van der Waals surface area contributed by atoms with Crippen LogP contribution in [0.3, 0.4) is 0 Å². The molecule has 2 rings (SSSR count).